The lowest BCUT2D eigenvalue weighted by Crippen LogP contribution is -2.58. The lowest BCUT2D eigenvalue weighted by Gasteiger charge is -2.34. The van der Waals surface area contributed by atoms with Crippen LogP contribution in [0.4, 0.5) is 4.79 Å². The zero-order chi connectivity index (χ0) is 36.8. The molecule has 0 heterocycles. The van der Waals surface area contributed by atoms with Crippen LogP contribution in [-0.4, -0.2) is 71.8 Å². The van der Waals surface area contributed by atoms with Gasteiger partial charge in [-0.1, -0.05) is 106 Å². The zero-order valence-corrected chi connectivity index (χ0v) is 31.1. The second-order valence-corrected chi connectivity index (χ2v) is 14.4. The second kappa shape index (κ2) is 19.3. The molecule has 0 aliphatic carbocycles. The highest BCUT2D eigenvalue weighted by Gasteiger charge is 2.39. The molecule has 12 heteroatoms. The smallest absolute Gasteiger partial charge is 0.407 e. The topological polar surface area (TPSA) is 149 Å². The van der Waals surface area contributed by atoms with Gasteiger partial charge in [0.05, 0.1) is 7.11 Å². The Morgan fingerprint density at radius 1 is 0.959 bits per heavy atom. The van der Waals surface area contributed by atoms with Crippen LogP contribution in [0.15, 0.2) is 72.2 Å². The van der Waals surface area contributed by atoms with Crippen LogP contribution >= 0.6 is 15.9 Å². The van der Waals surface area contributed by atoms with E-state index < -0.39 is 41.0 Å². The molecule has 0 radical (unpaired) electrons. The zero-order valence-electron chi connectivity index (χ0n) is 29.5. The summed E-state index contributed by atoms with van der Waals surface area (Å²) in [4.78, 5) is 52.5. The number of hydrazine groups is 1. The number of carbonyl (C=O) groups is 4. The number of ether oxygens (including phenoxy) is 1. The standard InChI is InChI=1S/C37H52BrN5O6/c1-9-21-39-32(44)30(25(3)4)40-34(46)37(48,23-27-14-12-26(10-2)13-15-27)20-11-22-43(24-28-16-18-29(38)19-17-28)42-33(45)31(36(5,6)7)41-35(47)49-8/h9-10,12-19,25,30-31,48H,1-2,11,20-24H2,3-8H3,(H,39,44)(H,40,46)(H,41,47)(H,42,45)/t30-,31+,37+/m0/s1. The van der Waals surface area contributed by atoms with Crippen molar-refractivity contribution in [2.24, 2.45) is 11.3 Å². The van der Waals surface area contributed by atoms with E-state index in [4.69, 9.17) is 4.74 Å². The van der Waals surface area contributed by atoms with E-state index in [9.17, 15) is 24.3 Å². The maximum absolute atomic E-state index is 13.9. The Balaban J connectivity index is 2.37. The van der Waals surface area contributed by atoms with Crippen molar-refractivity contribution in [2.75, 3.05) is 20.2 Å². The van der Waals surface area contributed by atoms with E-state index in [2.05, 4.69) is 50.5 Å². The van der Waals surface area contributed by atoms with Gasteiger partial charge in [0, 0.05) is 30.5 Å². The Hall–Kier alpha value is -4.00. The summed E-state index contributed by atoms with van der Waals surface area (Å²) in [6.45, 7) is 17.3. The lowest BCUT2D eigenvalue weighted by atomic mass is 9.86. The summed E-state index contributed by atoms with van der Waals surface area (Å²) in [6.07, 6.45) is 2.81. The fourth-order valence-electron chi connectivity index (χ4n) is 5.10. The van der Waals surface area contributed by atoms with E-state index >= 15 is 0 Å². The Morgan fingerprint density at radius 3 is 2.10 bits per heavy atom. The first-order valence-corrected chi connectivity index (χ1v) is 17.1. The number of amides is 4. The minimum Gasteiger partial charge on any atom is -0.453 e. The summed E-state index contributed by atoms with van der Waals surface area (Å²) in [7, 11) is 1.23. The largest absolute Gasteiger partial charge is 0.453 e. The number of hydrogen-bond acceptors (Lipinski definition) is 7. The monoisotopic (exact) mass is 741 g/mol. The molecule has 0 aliphatic rings. The molecule has 2 aromatic rings. The summed E-state index contributed by atoms with van der Waals surface area (Å²) in [5.74, 6) is -1.75. The van der Waals surface area contributed by atoms with Crippen molar-refractivity contribution in [3.8, 4) is 0 Å². The molecule has 4 amide bonds. The van der Waals surface area contributed by atoms with Gasteiger partial charge < -0.3 is 25.8 Å². The summed E-state index contributed by atoms with van der Waals surface area (Å²) in [5.41, 5.74) is 2.91. The number of carbonyl (C=O) groups excluding carboxylic acids is 4. The van der Waals surface area contributed by atoms with Crippen molar-refractivity contribution in [1.82, 2.24) is 26.4 Å². The van der Waals surface area contributed by atoms with Gasteiger partial charge in [0.2, 0.25) is 5.91 Å². The third-order valence-electron chi connectivity index (χ3n) is 7.94. The average Bonchev–Trinajstić information content (AvgIpc) is 3.05. The third-order valence-corrected chi connectivity index (χ3v) is 8.47. The highest BCUT2D eigenvalue weighted by Crippen LogP contribution is 2.24. The van der Waals surface area contributed by atoms with E-state index in [1.165, 1.54) is 7.11 Å². The van der Waals surface area contributed by atoms with Crippen LogP contribution in [0.3, 0.4) is 0 Å². The van der Waals surface area contributed by atoms with Crippen molar-refractivity contribution >= 4 is 45.8 Å². The number of nitrogens with zero attached hydrogens (tertiary/aromatic N) is 1. The van der Waals surface area contributed by atoms with E-state index in [1.807, 2.05) is 83.1 Å². The summed E-state index contributed by atoms with van der Waals surface area (Å²) in [5, 5.41) is 21.9. The predicted octanol–water partition coefficient (Wildman–Crippen LogP) is 4.89. The molecule has 0 fully saturated rings. The highest BCUT2D eigenvalue weighted by atomic mass is 79.9. The van der Waals surface area contributed by atoms with E-state index in [0.717, 1.165) is 21.2 Å². The van der Waals surface area contributed by atoms with E-state index in [-0.39, 0.29) is 44.2 Å². The molecule has 0 aromatic heterocycles. The SMILES string of the molecule is C=CCNC(=O)[C@@H](NC(=O)[C@@](O)(CCCN(Cc1ccc(Br)cc1)NC(=O)[C@@H](NC(=O)OC)C(C)(C)C)Cc1ccc(C=C)cc1)C(C)C. The molecule has 2 aromatic carbocycles. The highest BCUT2D eigenvalue weighted by molar-refractivity contribution is 9.10. The van der Waals surface area contributed by atoms with Gasteiger partial charge in [0.15, 0.2) is 0 Å². The van der Waals surface area contributed by atoms with E-state index in [0.29, 0.717) is 6.54 Å². The number of halogens is 1. The van der Waals surface area contributed by atoms with Crippen molar-refractivity contribution < 1.29 is 29.0 Å². The van der Waals surface area contributed by atoms with Gasteiger partial charge in [0.1, 0.15) is 17.7 Å². The average molecular weight is 743 g/mol. The van der Waals surface area contributed by atoms with Crippen LogP contribution in [0.25, 0.3) is 6.08 Å². The molecular weight excluding hydrogens is 690 g/mol. The van der Waals surface area contributed by atoms with Crippen LogP contribution in [0.5, 0.6) is 0 Å². The maximum Gasteiger partial charge on any atom is 0.407 e. The van der Waals surface area contributed by atoms with Crippen LogP contribution in [-0.2, 0) is 32.1 Å². The number of nitrogens with one attached hydrogen (secondary N) is 4. The Kier molecular flexibility index (Phi) is 16.2. The van der Waals surface area contributed by atoms with Gasteiger partial charge in [-0.05, 0) is 53.0 Å². The Bertz CT molecular complexity index is 1420. The molecule has 0 saturated heterocycles. The first kappa shape index (κ1) is 41.2. The normalized spacial score (nSPS) is 13.8. The Labute approximate surface area is 299 Å². The molecule has 0 aliphatic heterocycles. The molecule has 0 bridgehead atoms. The molecular formula is C37H52BrN5O6. The quantitative estimate of drug-likeness (QED) is 0.108. The summed E-state index contributed by atoms with van der Waals surface area (Å²) >= 11 is 3.45. The van der Waals surface area contributed by atoms with Gasteiger partial charge in [-0.2, -0.15) is 0 Å². The van der Waals surface area contributed by atoms with Crippen LogP contribution < -0.4 is 21.4 Å². The van der Waals surface area contributed by atoms with Gasteiger partial charge in [-0.15, -0.1) is 6.58 Å². The number of rotatable bonds is 18. The Morgan fingerprint density at radius 2 is 1.57 bits per heavy atom. The number of alkyl carbamates (subject to hydrolysis) is 1. The minimum absolute atomic E-state index is 0.0104. The van der Waals surface area contributed by atoms with Gasteiger partial charge in [-0.25, -0.2) is 9.80 Å². The molecule has 3 atom stereocenters. The van der Waals surface area contributed by atoms with Crippen molar-refractivity contribution in [3.05, 3.63) is 88.9 Å². The number of aliphatic hydroxyl groups is 1. The molecule has 0 spiro atoms. The van der Waals surface area contributed by atoms with Gasteiger partial charge in [-0.3, -0.25) is 19.8 Å². The molecule has 2 rings (SSSR count). The fraction of sp³-hybridized carbons (Fsp3) is 0.459. The van der Waals surface area contributed by atoms with Crippen LogP contribution in [0.1, 0.15) is 64.2 Å². The number of benzene rings is 2. The van der Waals surface area contributed by atoms with Crippen LogP contribution in [0, 0.1) is 11.3 Å². The van der Waals surface area contributed by atoms with E-state index in [1.54, 1.807) is 17.2 Å². The third kappa shape index (κ3) is 13.4. The molecule has 11 nitrogen and oxygen atoms in total. The minimum atomic E-state index is -1.89. The van der Waals surface area contributed by atoms with Crippen molar-refractivity contribution in [3.63, 3.8) is 0 Å². The molecule has 0 unspecified atom stereocenters. The molecule has 0 saturated carbocycles. The molecule has 5 N–H and O–H groups in total. The van der Waals surface area contributed by atoms with Gasteiger partial charge >= 0.3 is 6.09 Å². The molecule has 49 heavy (non-hydrogen) atoms. The van der Waals surface area contributed by atoms with Gasteiger partial charge in [0.25, 0.3) is 11.8 Å². The summed E-state index contributed by atoms with van der Waals surface area (Å²) < 4.78 is 5.65. The molecule has 268 valence electrons. The number of hydrogen-bond donors (Lipinski definition) is 5. The first-order chi connectivity index (χ1) is 23.0. The summed E-state index contributed by atoms with van der Waals surface area (Å²) in [6, 6.07) is 13.2. The first-order valence-electron chi connectivity index (χ1n) is 16.3. The number of methoxy groups -OCH3 is 1. The second-order valence-electron chi connectivity index (χ2n) is 13.4. The maximum atomic E-state index is 13.9. The van der Waals surface area contributed by atoms with Crippen molar-refractivity contribution in [2.45, 2.75) is 78.1 Å². The van der Waals surface area contributed by atoms with Crippen molar-refractivity contribution in [1.29, 1.82) is 0 Å². The fourth-order valence-corrected chi connectivity index (χ4v) is 5.37. The lowest BCUT2D eigenvalue weighted by molar-refractivity contribution is -0.144. The van der Waals surface area contributed by atoms with Crippen LogP contribution in [0.2, 0.25) is 0 Å². The predicted molar refractivity (Wildman–Crippen MR) is 196 cm³/mol.